The van der Waals surface area contributed by atoms with Gasteiger partial charge in [-0.05, 0) is 70.5 Å². The molecule has 3 fully saturated rings. The summed E-state index contributed by atoms with van der Waals surface area (Å²) in [6, 6.07) is 6.20. The number of hydrogen-bond acceptors (Lipinski definition) is 6. The lowest BCUT2D eigenvalue weighted by Gasteiger charge is -2.36. The Morgan fingerprint density at radius 2 is 1.76 bits per heavy atom. The number of morpholine rings is 1. The minimum Gasteiger partial charge on any atom is -0.399 e. The number of ether oxygens (including phenoxy) is 2. The highest BCUT2D eigenvalue weighted by Gasteiger charge is 2.53. The number of carbonyl (C=O) groups excluding carboxylic acids is 1. The summed E-state index contributed by atoms with van der Waals surface area (Å²) in [5.74, 6) is 0.121. The molecular formula is C25H37BN2O5. The molecule has 0 aromatic heterocycles. The predicted molar refractivity (Wildman–Crippen MR) is 128 cm³/mol. The van der Waals surface area contributed by atoms with Crippen molar-refractivity contribution in [2.45, 2.75) is 76.1 Å². The van der Waals surface area contributed by atoms with Crippen LogP contribution in [0.25, 0.3) is 0 Å². The molecule has 0 bridgehead atoms. The van der Waals surface area contributed by atoms with Gasteiger partial charge in [0.15, 0.2) is 0 Å². The van der Waals surface area contributed by atoms with Crippen molar-refractivity contribution in [3.05, 3.63) is 23.8 Å². The Kier molecular flexibility index (Phi) is 6.11. The molecule has 180 valence electrons. The second-order valence-electron chi connectivity index (χ2n) is 11.0. The first-order chi connectivity index (χ1) is 15.7. The molecule has 1 aromatic rings. The van der Waals surface area contributed by atoms with E-state index in [1.807, 2.05) is 6.07 Å². The zero-order chi connectivity index (χ0) is 23.3. The normalized spacial score (nSPS) is 31.1. The Balaban J connectivity index is 1.21. The number of rotatable bonds is 5. The minimum atomic E-state index is -0.437. The molecule has 1 aliphatic carbocycles. The molecule has 5 rings (SSSR count). The van der Waals surface area contributed by atoms with Crippen LogP contribution in [0.3, 0.4) is 0 Å². The number of nitrogens with zero attached hydrogens (tertiary/aromatic N) is 1. The van der Waals surface area contributed by atoms with Gasteiger partial charge in [-0.15, -0.1) is 0 Å². The first kappa shape index (κ1) is 23.3. The number of amides is 1. The molecule has 3 heterocycles. The second-order valence-corrected chi connectivity index (χ2v) is 11.0. The maximum absolute atomic E-state index is 13.1. The molecule has 1 saturated carbocycles. The highest BCUT2D eigenvalue weighted by Crippen LogP contribution is 2.48. The van der Waals surface area contributed by atoms with E-state index >= 15 is 0 Å². The Morgan fingerprint density at radius 3 is 2.42 bits per heavy atom. The molecule has 1 spiro atoms. The van der Waals surface area contributed by atoms with Crippen LogP contribution in [0.2, 0.25) is 0 Å². The van der Waals surface area contributed by atoms with Gasteiger partial charge in [-0.3, -0.25) is 9.69 Å². The number of carbonyl (C=O) groups is 1. The third-order valence-electron chi connectivity index (χ3n) is 8.42. The molecule has 8 heteroatoms. The average molecular weight is 456 g/mol. The highest BCUT2D eigenvalue weighted by molar-refractivity contribution is 6.62. The van der Waals surface area contributed by atoms with Crippen molar-refractivity contribution in [1.82, 2.24) is 4.90 Å². The first-order valence-electron chi connectivity index (χ1n) is 12.4. The summed E-state index contributed by atoms with van der Waals surface area (Å²) in [4.78, 5) is 15.5. The monoisotopic (exact) mass is 456 g/mol. The van der Waals surface area contributed by atoms with E-state index < -0.39 is 12.5 Å². The maximum atomic E-state index is 13.1. The van der Waals surface area contributed by atoms with Crippen molar-refractivity contribution in [3.63, 3.8) is 0 Å². The summed E-state index contributed by atoms with van der Waals surface area (Å²) in [5, 5.41) is 3.15. The van der Waals surface area contributed by atoms with Crippen LogP contribution in [0.15, 0.2) is 18.2 Å². The lowest BCUT2D eigenvalue weighted by Crippen LogP contribution is -2.41. The van der Waals surface area contributed by atoms with Crippen molar-refractivity contribution in [2.75, 3.05) is 44.8 Å². The molecule has 33 heavy (non-hydrogen) atoms. The third kappa shape index (κ3) is 4.25. The number of nitrogens with one attached hydrogen (secondary N) is 1. The van der Waals surface area contributed by atoms with E-state index in [0.29, 0.717) is 0 Å². The summed E-state index contributed by atoms with van der Waals surface area (Å²) in [7, 11) is -0.427. The number of anilines is 1. The molecule has 2 saturated heterocycles. The van der Waals surface area contributed by atoms with Gasteiger partial charge in [0.2, 0.25) is 5.91 Å². The van der Waals surface area contributed by atoms with Crippen LogP contribution in [-0.4, -0.2) is 74.7 Å². The molecular weight excluding hydrogens is 419 g/mol. The zero-order valence-electron chi connectivity index (χ0n) is 20.4. The van der Waals surface area contributed by atoms with Crippen molar-refractivity contribution >= 4 is 24.2 Å². The van der Waals surface area contributed by atoms with Crippen LogP contribution in [-0.2, 0) is 29.0 Å². The van der Waals surface area contributed by atoms with Gasteiger partial charge in [-0.1, -0.05) is 12.1 Å². The van der Waals surface area contributed by atoms with E-state index in [0.717, 1.165) is 81.9 Å². The molecule has 3 aliphatic heterocycles. The molecule has 1 aromatic carbocycles. The van der Waals surface area contributed by atoms with Crippen molar-refractivity contribution in [3.8, 4) is 0 Å². The predicted octanol–water partition coefficient (Wildman–Crippen LogP) is 2.47. The molecule has 1 N–H and O–H groups in total. The topological polar surface area (TPSA) is 69.3 Å². The maximum Gasteiger partial charge on any atom is 0.494 e. The molecule has 0 atom stereocenters. The van der Waals surface area contributed by atoms with Crippen LogP contribution >= 0.6 is 0 Å². The first-order valence-corrected chi connectivity index (χ1v) is 12.4. The Labute approximate surface area is 197 Å². The van der Waals surface area contributed by atoms with Crippen LogP contribution in [0.5, 0.6) is 0 Å². The Bertz CT molecular complexity index is 875. The Morgan fingerprint density at radius 1 is 1.09 bits per heavy atom. The van der Waals surface area contributed by atoms with Gasteiger partial charge in [0.1, 0.15) is 0 Å². The fourth-order valence-electron chi connectivity index (χ4n) is 5.49. The van der Waals surface area contributed by atoms with Crippen molar-refractivity contribution in [1.29, 1.82) is 0 Å². The smallest absolute Gasteiger partial charge is 0.399 e. The minimum absolute atomic E-state index is 0.121. The summed E-state index contributed by atoms with van der Waals surface area (Å²) in [6.07, 6.45) is 3.70. The van der Waals surface area contributed by atoms with Gasteiger partial charge in [-0.2, -0.15) is 0 Å². The van der Waals surface area contributed by atoms with Gasteiger partial charge < -0.3 is 24.1 Å². The largest absolute Gasteiger partial charge is 0.494 e. The fraction of sp³-hybridized carbons (Fsp3) is 0.720. The fourth-order valence-corrected chi connectivity index (χ4v) is 5.49. The van der Waals surface area contributed by atoms with Crippen molar-refractivity contribution in [2.24, 2.45) is 0 Å². The van der Waals surface area contributed by atoms with Gasteiger partial charge in [-0.25, -0.2) is 0 Å². The molecule has 4 aliphatic rings. The van der Waals surface area contributed by atoms with E-state index in [4.69, 9.17) is 18.8 Å². The molecule has 1 amide bonds. The third-order valence-corrected chi connectivity index (χ3v) is 8.42. The van der Waals surface area contributed by atoms with Crippen LogP contribution in [0, 0.1) is 0 Å². The van der Waals surface area contributed by atoms with Gasteiger partial charge in [0.25, 0.3) is 0 Å². The summed E-state index contributed by atoms with van der Waals surface area (Å²) >= 11 is 0. The van der Waals surface area contributed by atoms with Crippen LogP contribution < -0.4 is 10.8 Å². The number of benzene rings is 1. The summed E-state index contributed by atoms with van der Waals surface area (Å²) in [5.41, 5.74) is 1.75. The summed E-state index contributed by atoms with van der Waals surface area (Å²) < 4.78 is 24.0. The van der Waals surface area contributed by atoms with Gasteiger partial charge in [0, 0.05) is 25.3 Å². The summed E-state index contributed by atoms with van der Waals surface area (Å²) in [6.45, 7) is 13.5. The van der Waals surface area contributed by atoms with Crippen molar-refractivity contribution < 1.29 is 23.6 Å². The lowest BCUT2D eigenvalue weighted by atomic mass is 9.68. The highest BCUT2D eigenvalue weighted by atomic mass is 16.7. The standard InChI is InChI=1S/C25H37BN2O5/c1-23(2)24(3,4)33-26(32-23)18-5-6-20-21(17-18)27-22(29)25(20)9-7-19(8-10-25)31-16-13-28-11-14-30-15-12-28/h5-6,17,19H,7-16H2,1-4H3,(H,27,29). The lowest BCUT2D eigenvalue weighted by molar-refractivity contribution is -0.123. The SMILES string of the molecule is CC1(C)OB(c2ccc3c(c2)NC(=O)C32CCC(OCCN3CCOCC3)CC2)OC1(C)C. The Hall–Kier alpha value is -1.45. The van der Waals surface area contributed by atoms with Crippen LogP contribution in [0.1, 0.15) is 58.9 Å². The van der Waals surface area contributed by atoms with Gasteiger partial charge in [0.05, 0.1) is 42.5 Å². The zero-order valence-corrected chi connectivity index (χ0v) is 20.4. The molecule has 0 radical (unpaired) electrons. The quantitative estimate of drug-likeness (QED) is 0.687. The van der Waals surface area contributed by atoms with E-state index in [1.165, 1.54) is 0 Å². The number of hydrogen-bond donors (Lipinski definition) is 1. The molecule has 0 unspecified atom stereocenters. The van der Waals surface area contributed by atoms with E-state index in [9.17, 15) is 4.79 Å². The van der Waals surface area contributed by atoms with Gasteiger partial charge >= 0.3 is 7.12 Å². The van der Waals surface area contributed by atoms with Crippen LogP contribution in [0.4, 0.5) is 5.69 Å². The van der Waals surface area contributed by atoms with E-state index in [1.54, 1.807) is 0 Å². The second kappa shape index (κ2) is 8.65. The molecule has 7 nitrogen and oxygen atoms in total. The number of fused-ring (bicyclic) bond motifs is 2. The van der Waals surface area contributed by atoms with E-state index in [-0.39, 0.29) is 23.2 Å². The average Bonchev–Trinajstić information content (AvgIpc) is 3.18. The van der Waals surface area contributed by atoms with E-state index in [2.05, 4.69) is 50.0 Å².